The smallest absolute Gasteiger partial charge is 0.409 e. The highest BCUT2D eigenvalue weighted by Crippen LogP contribution is 2.24. The maximum atomic E-state index is 11.5. The van der Waals surface area contributed by atoms with Gasteiger partial charge in [0.05, 0.1) is 12.7 Å². The van der Waals surface area contributed by atoms with Crippen molar-refractivity contribution < 1.29 is 19.1 Å². The van der Waals surface area contributed by atoms with Crippen molar-refractivity contribution in [2.24, 2.45) is 0 Å². The number of amides is 1. The highest BCUT2D eigenvalue weighted by atomic mass is 16.6. The van der Waals surface area contributed by atoms with Gasteiger partial charge in [0.1, 0.15) is 5.60 Å². The Kier molecular flexibility index (Phi) is 5.54. The van der Waals surface area contributed by atoms with E-state index in [1.807, 2.05) is 0 Å². The Morgan fingerprint density at radius 3 is 2.47 bits per heavy atom. The SMILES string of the molecule is C=C(C)C(C)(C=O)OC1CCN(C(=O)OCC)CC1. The predicted octanol–water partition coefficient (Wildman–Crippen LogP) is 2.16. The van der Waals surface area contributed by atoms with Gasteiger partial charge < -0.3 is 14.4 Å². The highest BCUT2D eigenvalue weighted by Gasteiger charge is 2.32. The van der Waals surface area contributed by atoms with Gasteiger partial charge in [-0.3, -0.25) is 4.79 Å². The summed E-state index contributed by atoms with van der Waals surface area (Å²) in [5.41, 5.74) is -0.244. The monoisotopic (exact) mass is 269 g/mol. The summed E-state index contributed by atoms with van der Waals surface area (Å²) in [6.07, 6.45) is 1.88. The van der Waals surface area contributed by atoms with Gasteiger partial charge in [-0.15, -0.1) is 0 Å². The largest absolute Gasteiger partial charge is 0.450 e. The zero-order valence-corrected chi connectivity index (χ0v) is 12.0. The summed E-state index contributed by atoms with van der Waals surface area (Å²) in [6.45, 7) is 10.6. The van der Waals surface area contributed by atoms with Crippen molar-refractivity contribution in [2.45, 2.75) is 45.3 Å². The third kappa shape index (κ3) is 4.06. The van der Waals surface area contributed by atoms with E-state index in [-0.39, 0.29) is 12.2 Å². The molecule has 5 heteroatoms. The molecule has 1 rings (SSSR count). The van der Waals surface area contributed by atoms with Crippen molar-refractivity contribution in [3.05, 3.63) is 12.2 Å². The second-order valence-electron chi connectivity index (χ2n) is 5.01. The summed E-state index contributed by atoms with van der Waals surface area (Å²) in [5.74, 6) is 0. The Balaban J connectivity index is 2.48. The van der Waals surface area contributed by atoms with Gasteiger partial charge in [-0.2, -0.15) is 0 Å². The van der Waals surface area contributed by atoms with Crippen LogP contribution >= 0.6 is 0 Å². The molecule has 5 nitrogen and oxygen atoms in total. The van der Waals surface area contributed by atoms with Crippen molar-refractivity contribution >= 4 is 12.4 Å². The van der Waals surface area contributed by atoms with Crippen LogP contribution in [0.5, 0.6) is 0 Å². The lowest BCUT2D eigenvalue weighted by atomic mass is 9.99. The minimum Gasteiger partial charge on any atom is -0.450 e. The number of carbonyl (C=O) groups is 2. The van der Waals surface area contributed by atoms with Crippen LogP contribution in [0.1, 0.15) is 33.6 Å². The molecule has 108 valence electrons. The molecule has 19 heavy (non-hydrogen) atoms. The summed E-state index contributed by atoms with van der Waals surface area (Å²) in [4.78, 5) is 24.3. The van der Waals surface area contributed by atoms with E-state index in [0.29, 0.717) is 38.1 Å². The van der Waals surface area contributed by atoms with Gasteiger partial charge in [0.15, 0.2) is 6.29 Å². The fraction of sp³-hybridized carbons (Fsp3) is 0.714. The Labute approximate surface area is 114 Å². The summed E-state index contributed by atoms with van der Waals surface area (Å²) < 4.78 is 10.8. The van der Waals surface area contributed by atoms with Gasteiger partial charge >= 0.3 is 6.09 Å². The van der Waals surface area contributed by atoms with Gasteiger partial charge in [-0.25, -0.2) is 4.79 Å². The number of nitrogens with zero attached hydrogens (tertiary/aromatic N) is 1. The van der Waals surface area contributed by atoms with Crippen molar-refractivity contribution in [3.8, 4) is 0 Å². The van der Waals surface area contributed by atoms with Crippen LogP contribution in [0.3, 0.4) is 0 Å². The molecular formula is C14H23NO4. The van der Waals surface area contributed by atoms with Gasteiger partial charge in [-0.1, -0.05) is 6.58 Å². The highest BCUT2D eigenvalue weighted by molar-refractivity contribution is 5.68. The molecule has 0 bridgehead atoms. The number of piperidine rings is 1. The van der Waals surface area contributed by atoms with E-state index in [1.54, 1.807) is 25.7 Å². The van der Waals surface area contributed by atoms with Crippen LogP contribution in [0.15, 0.2) is 12.2 Å². The fourth-order valence-corrected chi connectivity index (χ4v) is 1.95. The average Bonchev–Trinajstić information content (AvgIpc) is 2.39. The normalized spacial score (nSPS) is 19.6. The third-order valence-electron chi connectivity index (χ3n) is 3.45. The first-order chi connectivity index (χ1) is 8.92. The fourth-order valence-electron chi connectivity index (χ4n) is 1.95. The van der Waals surface area contributed by atoms with Crippen LogP contribution in [-0.4, -0.2) is 48.7 Å². The first-order valence-electron chi connectivity index (χ1n) is 6.64. The second kappa shape index (κ2) is 6.70. The zero-order valence-electron chi connectivity index (χ0n) is 12.0. The standard InChI is InChI=1S/C14H23NO4/c1-5-18-13(17)15-8-6-12(7-9-15)19-14(4,10-16)11(2)3/h10,12H,2,5-9H2,1,3-4H3. The molecular weight excluding hydrogens is 246 g/mol. The molecule has 1 atom stereocenters. The van der Waals surface area contributed by atoms with E-state index in [4.69, 9.17) is 9.47 Å². The maximum absolute atomic E-state index is 11.5. The molecule has 1 unspecified atom stereocenters. The molecule has 0 radical (unpaired) electrons. The lowest BCUT2D eigenvalue weighted by Crippen LogP contribution is -2.45. The van der Waals surface area contributed by atoms with E-state index in [9.17, 15) is 9.59 Å². The molecule has 1 aliphatic rings. The zero-order chi connectivity index (χ0) is 14.5. The summed E-state index contributed by atoms with van der Waals surface area (Å²) in [5, 5.41) is 0. The molecule has 0 aromatic rings. The molecule has 1 aliphatic heterocycles. The van der Waals surface area contributed by atoms with Gasteiger partial charge in [0.25, 0.3) is 0 Å². The number of carbonyl (C=O) groups excluding carboxylic acids is 2. The summed E-state index contributed by atoms with van der Waals surface area (Å²) >= 11 is 0. The topological polar surface area (TPSA) is 55.8 Å². The van der Waals surface area contributed by atoms with Crippen LogP contribution in [0.25, 0.3) is 0 Å². The number of aldehydes is 1. The number of rotatable bonds is 5. The Hall–Kier alpha value is -1.36. The van der Waals surface area contributed by atoms with Crippen LogP contribution in [-0.2, 0) is 14.3 Å². The van der Waals surface area contributed by atoms with E-state index >= 15 is 0 Å². The molecule has 0 aliphatic carbocycles. The minimum absolute atomic E-state index is 0.0300. The van der Waals surface area contributed by atoms with Crippen LogP contribution in [0.4, 0.5) is 4.79 Å². The molecule has 0 saturated carbocycles. The molecule has 1 saturated heterocycles. The van der Waals surface area contributed by atoms with E-state index < -0.39 is 5.60 Å². The molecule has 0 aromatic carbocycles. The van der Waals surface area contributed by atoms with Crippen molar-refractivity contribution in [1.82, 2.24) is 4.90 Å². The van der Waals surface area contributed by atoms with Crippen molar-refractivity contribution in [1.29, 1.82) is 0 Å². The molecule has 1 fully saturated rings. The maximum Gasteiger partial charge on any atom is 0.409 e. The van der Waals surface area contributed by atoms with E-state index in [2.05, 4.69) is 6.58 Å². The van der Waals surface area contributed by atoms with Crippen LogP contribution in [0.2, 0.25) is 0 Å². The van der Waals surface area contributed by atoms with Crippen LogP contribution < -0.4 is 0 Å². The van der Waals surface area contributed by atoms with Crippen LogP contribution in [0, 0.1) is 0 Å². The van der Waals surface area contributed by atoms with E-state index in [1.165, 1.54) is 0 Å². The van der Waals surface area contributed by atoms with E-state index in [0.717, 1.165) is 6.29 Å². The predicted molar refractivity (Wildman–Crippen MR) is 72.0 cm³/mol. The average molecular weight is 269 g/mol. The van der Waals surface area contributed by atoms with Crippen molar-refractivity contribution in [2.75, 3.05) is 19.7 Å². The lowest BCUT2D eigenvalue weighted by Gasteiger charge is -2.35. The number of hydrogen-bond donors (Lipinski definition) is 0. The summed E-state index contributed by atoms with van der Waals surface area (Å²) in [6, 6.07) is 0. The Bertz CT molecular complexity index is 347. The van der Waals surface area contributed by atoms with Crippen molar-refractivity contribution in [3.63, 3.8) is 0 Å². The summed E-state index contributed by atoms with van der Waals surface area (Å²) in [7, 11) is 0. The Morgan fingerprint density at radius 2 is 2.05 bits per heavy atom. The minimum atomic E-state index is -0.934. The first kappa shape index (κ1) is 15.7. The molecule has 1 amide bonds. The Morgan fingerprint density at radius 1 is 1.47 bits per heavy atom. The quantitative estimate of drug-likeness (QED) is 0.567. The molecule has 0 aromatic heterocycles. The molecule has 0 N–H and O–H groups in total. The lowest BCUT2D eigenvalue weighted by molar-refractivity contribution is -0.134. The number of likely N-dealkylation sites (tertiary alicyclic amines) is 1. The third-order valence-corrected chi connectivity index (χ3v) is 3.45. The van der Waals surface area contributed by atoms with Gasteiger partial charge in [0, 0.05) is 13.1 Å². The first-order valence-corrected chi connectivity index (χ1v) is 6.64. The number of ether oxygens (including phenoxy) is 2. The van der Waals surface area contributed by atoms with Gasteiger partial charge in [0.2, 0.25) is 0 Å². The second-order valence-corrected chi connectivity index (χ2v) is 5.01. The van der Waals surface area contributed by atoms with Gasteiger partial charge in [-0.05, 0) is 39.2 Å². The number of hydrogen-bond acceptors (Lipinski definition) is 4. The molecule has 0 spiro atoms. The molecule has 1 heterocycles.